The van der Waals surface area contributed by atoms with Crippen LogP contribution in [0.4, 0.5) is 8.78 Å². The van der Waals surface area contributed by atoms with Gasteiger partial charge >= 0.3 is 0 Å². The molecule has 1 heterocycles. The number of carbonyl (C=O) groups is 1. The second-order valence-electron chi connectivity index (χ2n) is 9.61. The van der Waals surface area contributed by atoms with Crippen LogP contribution in [0.5, 0.6) is 11.5 Å². The van der Waals surface area contributed by atoms with E-state index >= 15 is 0 Å². The molecule has 5 rings (SSSR count). The van der Waals surface area contributed by atoms with Crippen LogP contribution in [0, 0.1) is 23.5 Å². The number of hydrogen-bond acceptors (Lipinski definition) is 6. The summed E-state index contributed by atoms with van der Waals surface area (Å²) in [5.74, 6) is 0.864. The Hall–Kier alpha value is -3.46. The fraction of sp³-hybridized carbons (Fsp3) is 0.407. The predicted molar refractivity (Wildman–Crippen MR) is 129 cm³/mol. The lowest BCUT2D eigenvalue weighted by atomic mass is 10.2. The summed E-state index contributed by atoms with van der Waals surface area (Å²) in [6, 6.07) is 8.00. The zero-order valence-corrected chi connectivity index (χ0v) is 20.1. The summed E-state index contributed by atoms with van der Waals surface area (Å²) in [4.78, 5) is 17.3. The molecule has 1 aromatic heterocycles. The Morgan fingerprint density at radius 2 is 1.78 bits per heavy atom. The lowest BCUT2D eigenvalue weighted by Gasteiger charge is -2.13. The van der Waals surface area contributed by atoms with Crippen molar-refractivity contribution in [2.45, 2.75) is 45.2 Å². The molecule has 2 fully saturated rings. The van der Waals surface area contributed by atoms with Gasteiger partial charge in [0.05, 0.1) is 19.3 Å². The van der Waals surface area contributed by atoms with E-state index in [1.54, 1.807) is 19.1 Å². The third kappa shape index (κ3) is 5.84. The number of carbonyl (C=O) groups excluding carboxylic acids is 1. The van der Waals surface area contributed by atoms with Crippen molar-refractivity contribution in [3.05, 3.63) is 65.1 Å². The molecule has 0 bridgehead atoms. The molecule has 190 valence electrons. The molecule has 7 nitrogen and oxygen atoms in total. The summed E-state index contributed by atoms with van der Waals surface area (Å²) in [5, 5.41) is 2.60. The van der Waals surface area contributed by atoms with Crippen molar-refractivity contribution in [3.8, 4) is 23.0 Å². The Morgan fingerprint density at radius 1 is 1.08 bits per heavy atom. The summed E-state index contributed by atoms with van der Waals surface area (Å²) >= 11 is 0. The van der Waals surface area contributed by atoms with Crippen molar-refractivity contribution < 1.29 is 27.5 Å². The van der Waals surface area contributed by atoms with Crippen LogP contribution in [0.2, 0.25) is 0 Å². The fourth-order valence-corrected chi connectivity index (χ4v) is 3.71. The molecule has 0 unspecified atom stereocenters. The van der Waals surface area contributed by atoms with E-state index in [0.717, 1.165) is 25.0 Å². The summed E-state index contributed by atoms with van der Waals surface area (Å²) in [7, 11) is 0. The molecule has 9 heteroatoms. The molecule has 0 saturated heterocycles. The quantitative estimate of drug-likeness (QED) is 0.380. The third-order valence-electron chi connectivity index (χ3n) is 6.27. The van der Waals surface area contributed by atoms with Crippen LogP contribution in [0.1, 0.15) is 60.5 Å². The van der Waals surface area contributed by atoms with Crippen LogP contribution in [0.25, 0.3) is 11.5 Å². The number of ether oxygens (including phenoxy) is 2. The molecular weight excluding hydrogens is 468 g/mol. The highest BCUT2D eigenvalue weighted by Crippen LogP contribution is 2.38. The van der Waals surface area contributed by atoms with Crippen molar-refractivity contribution in [2.24, 2.45) is 17.6 Å². The molecule has 2 aliphatic carbocycles. The number of amides is 1. The van der Waals surface area contributed by atoms with Gasteiger partial charge in [-0.05, 0) is 68.7 Å². The van der Waals surface area contributed by atoms with Gasteiger partial charge in [0.15, 0.2) is 23.0 Å². The average Bonchev–Trinajstić information content (AvgIpc) is 3.79. The van der Waals surface area contributed by atoms with E-state index in [9.17, 15) is 13.6 Å². The number of aromatic nitrogens is 1. The van der Waals surface area contributed by atoms with E-state index in [2.05, 4.69) is 10.3 Å². The minimum absolute atomic E-state index is 0.0111. The second-order valence-corrected chi connectivity index (χ2v) is 9.61. The molecule has 2 aromatic carbocycles. The molecule has 0 radical (unpaired) electrons. The third-order valence-corrected chi connectivity index (χ3v) is 6.27. The Morgan fingerprint density at radius 3 is 2.42 bits per heavy atom. The minimum atomic E-state index is -0.744. The Bertz CT molecular complexity index is 1250. The first-order chi connectivity index (χ1) is 17.4. The van der Waals surface area contributed by atoms with Crippen molar-refractivity contribution in [1.29, 1.82) is 0 Å². The Kier molecular flexibility index (Phi) is 6.91. The molecule has 2 aliphatic rings. The number of rotatable bonds is 11. The van der Waals surface area contributed by atoms with E-state index < -0.39 is 23.6 Å². The zero-order valence-electron chi connectivity index (χ0n) is 20.1. The van der Waals surface area contributed by atoms with Gasteiger partial charge in [0.25, 0.3) is 5.91 Å². The highest BCUT2D eigenvalue weighted by Gasteiger charge is 2.27. The minimum Gasteiger partial charge on any atom is -0.489 e. The second kappa shape index (κ2) is 10.3. The summed E-state index contributed by atoms with van der Waals surface area (Å²) in [6.07, 6.45) is 4.70. The molecule has 0 spiro atoms. The highest BCUT2D eigenvalue weighted by atomic mass is 19.1. The van der Waals surface area contributed by atoms with Crippen molar-refractivity contribution in [1.82, 2.24) is 10.3 Å². The number of nitrogens with zero attached hydrogens (tertiary/aromatic N) is 1. The fourth-order valence-electron chi connectivity index (χ4n) is 3.71. The standard InChI is InChI=1S/C27H29F2N3O4/c1-15(30)25-24(26(33)31-12-19-6-8-20(28)11-21(19)29)32-27(36-25)18-7-9-22(34-13-16-2-3-16)23(10-18)35-14-17-4-5-17/h6-11,15-17H,2-5,12-14,30H2,1H3,(H,31,33)/t15-/m0/s1. The van der Waals surface area contributed by atoms with Crippen LogP contribution in [0.3, 0.4) is 0 Å². The maximum absolute atomic E-state index is 14.0. The van der Waals surface area contributed by atoms with Gasteiger partial charge in [0.1, 0.15) is 11.6 Å². The number of nitrogens with two attached hydrogens (primary N) is 1. The van der Waals surface area contributed by atoms with Gasteiger partial charge in [-0.3, -0.25) is 4.79 Å². The topological polar surface area (TPSA) is 99.6 Å². The number of halogens is 2. The Balaban J connectivity index is 1.36. The maximum Gasteiger partial charge on any atom is 0.273 e. The molecule has 1 atom stereocenters. The van der Waals surface area contributed by atoms with Crippen LogP contribution in [-0.2, 0) is 6.54 Å². The monoisotopic (exact) mass is 497 g/mol. The van der Waals surface area contributed by atoms with E-state index in [-0.39, 0.29) is 29.5 Å². The molecule has 1 amide bonds. The van der Waals surface area contributed by atoms with Crippen molar-refractivity contribution >= 4 is 5.91 Å². The molecule has 3 aromatic rings. The van der Waals surface area contributed by atoms with Crippen molar-refractivity contribution in [2.75, 3.05) is 13.2 Å². The van der Waals surface area contributed by atoms with E-state index in [4.69, 9.17) is 19.6 Å². The molecule has 36 heavy (non-hydrogen) atoms. The van der Waals surface area contributed by atoms with Crippen LogP contribution in [-0.4, -0.2) is 24.1 Å². The van der Waals surface area contributed by atoms with Gasteiger partial charge in [-0.15, -0.1) is 0 Å². The number of oxazole rings is 1. The first-order valence-electron chi connectivity index (χ1n) is 12.3. The number of nitrogens with one attached hydrogen (secondary N) is 1. The van der Waals surface area contributed by atoms with Crippen LogP contribution < -0.4 is 20.5 Å². The van der Waals surface area contributed by atoms with Crippen LogP contribution in [0.15, 0.2) is 40.8 Å². The van der Waals surface area contributed by atoms with Gasteiger partial charge in [0, 0.05) is 23.7 Å². The first kappa shape index (κ1) is 24.2. The zero-order chi connectivity index (χ0) is 25.2. The van der Waals surface area contributed by atoms with Gasteiger partial charge in [-0.1, -0.05) is 6.07 Å². The number of benzene rings is 2. The van der Waals surface area contributed by atoms with E-state index in [1.165, 1.54) is 18.9 Å². The lowest BCUT2D eigenvalue weighted by Crippen LogP contribution is -2.25. The predicted octanol–water partition coefficient (Wildman–Crippen LogP) is 5.15. The first-order valence-corrected chi connectivity index (χ1v) is 12.3. The van der Waals surface area contributed by atoms with Gasteiger partial charge in [-0.2, -0.15) is 0 Å². The number of hydrogen-bond donors (Lipinski definition) is 2. The lowest BCUT2D eigenvalue weighted by molar-refractivity contribution is 0.0943. The Labute approximate surface area is 208 Å². The largest absolute Gasteiger partial charge is 0.489 e. The van der Waals surface area contributed by atoms with Gasteiger partial charge in [0.2, 0.25) is 5.89 Å². The van der Waals surface area contributed by atoms with Crippen molar-refractivity contribution in [3.63, 3.8) is 0 Å². The smallest absolute Gasteiger partial charge is 0.273 e. The van der Waals surface area contributed by atoms with Gasteiger partial charge in [-0.25, -0.2) is 13.8 Å². The molecule has 3 N–H and O–H groups in total. The SMILES string of the molecule is C[C@H](N)c1oc(-c2ccc(OCC3CC3)c(OCC3CC3)c2)nc1C(=O)NCc1ccc(F)cc1F. The van der Waals surface area contributed by atoms with Crippen LogP contribution >= 0.6 is 0 Å². The molecule has 2 saturated carbocycles. The summed E-state index contributed by atoms with van der Waals surface area (Å²) < 4.78 is 45.1. The summed E-state index contributed by atoms with van der Waals surface area (Å²) in [5.41, 5.74) is 6.82. The average molecular weight is 498 g/mol. The van der Waals surface area contributed by atoms with E-state index in [1.807, 2.05) is 6.07 Å². The highest BCUT2D eigenvalue weighted by molar-refractivity contribution is 5.94. The van der Waals surface area contributed by atoms with Gasteiger partial charge < -0.3 is 24.9 Å². The summed E-state index contributed by atoms with van der Waals surface area (Å²) in [6.45, 7) is 2.82. The maximum atomic E-state index is 14.0. The normalized spacial score (nSPS) is 16.0. The molecule has 0 aliphatic heterocycles. The van der Waals surface area contributed by atoms with E-state index in [0.29, 0.717) is 42.1 Å². The molecular formula is C27H29F2N3O4.